The van der Waals surface area contributed by atoms with Crippen molar-refractivity contribution >= 4 is 17.3 Å². The summed E-state index contributed by atoms with van der Waals surface area (Å²) >= 11 is 1.57. The Hall–Kier alpha value is -0.830. The molecule has 0 bridgehead atoms. The predicted molar refractivity (Wildman–Crippen MR) is 63.6 cm³/mol. The van der Waals surface area contributed by atoms with Gasteiger partial charge < -0.3 is 4.74 Å². The Morgan fingerprint density at radius 2 is 2.20 bits per heavy atom. The van der Waals surface area contributed by atoms with Crippen molar-refractivity contribution in [2.24, 2.45) is 0 Å². The van der Waals surface area contributed by atoms with Gasteiger partial charge in [0.05, 0.1) is 7.11 Å². The molecule has 0 aliphatic carbocycles. The van der Waals surface area contributed by atoms with E-state index in [4.69, 9.17) is 4.74 Å². The molecule has 0 N–H and O–H groups in total. The van der Waals surface area contributed by atoms with Crippen molar-refractivity contribution < 1.29 is 9.53 Å². The first-order valence-corrected chi connectivity index (χ1v) is 6.18. The van der Waals surface area contributed by atoms with Crippen LogP contribution in [-0.4, -0.2) is 13.1 Å². The molecule has 0 aliphatic rings. The highest BCUT2D eigenvalue weighted by Crippen LogP contribution is 2.24. The van der Waals surface area contributed by atoms with Crippen LogP contribution in [0.15, 0.2) is 6.07 Å². The lowest BCUT2D eigenvalue weighted by Crippen LogP contribution is -1.99. The molecule has 0 spiro atoms. The molecule has 0 saturated carbocycles. The SMILES string of the molecule is CCCCCc1cc(C)c(C(=O)OC)s1. The van der Waals surface area contributed by atoms with Crippen LogP contribution in [0.25, 0.3) is 0 Å². The Kier molecular flexibility index (Phi) is 4.82. The quantitative estimate of drug-likeness (QED) is 0.566. The second-order valence-corrected chi connectivity index (χ2v) is 4.81. The molecule has 0 aromatic carbocycles. The zero-order chi connectivity index (χ0) is 11.3. The van der Waals surface area contributed by atoms with Gasteiger partial charge >= 0.3 is 5.97 Å². The van der Waals surface area contributed by atoms with Crippen LogP contribution in [-0.2, 0) is 11.2 Å². The van der Waals surface area contributed by atoms with E-state index >= 15 is 0 Å². The summed E-state index contributed by atoms with van der Waals surface area (Å²) in [6.07, 6.45) is 4.77. The molecule has 0 unspecified atom stereocenters. The number of unbranched alkanes of at least 4 members (excludes halogenated alkanes) is 2. The lowest BCUT2D eigenvalue weighted by atomic mass is 10.1. The third-order valence-electron chi connectivity index (χ3n) is 2.37. The number of methoxy groups -OCH3 is 1. The average molecular weight is 226 g/mol. The van der Waals surface area contributed by atoms with Crippen LogP contribution in [0.3, 0.4) is 0 Å². The Balaban J connectivity index is 2.64. The van der Waals surface area contributed by atoms with Gasteiger partial charge in [-0.1, -0.05) is 19.8 Å². The Labute approximate surface area is 95.3 Å². The molecule has 0 radical (unpaired) electrons. The minimum atomic E-state index is -0.209. The maximum atomic E-state index is 11.4. The van der Waals surface area contributed by atoms with Crippen LogP contribution >= 0.6 is 11.3 Å². The number of thiophene rings is 1. The second-order valence-electron chi connectivity index (χ2n) is 3.67. The lowest BCUT2D eigenvalue weighted by Gasteiger charge is -1.95. The van der Waals surface area contributed by atoms with Gasteiger partial charge in [-0.25, -0.2) is 4.79 Å². The van der Waals surface area contributed by atoms with Gasteiger partial charge in [0.15, 0.2) is 0 Å². The maximum Gasteiger partial charge on any atom is 0.348 e. The van der Waals surface area contributed by atoms with E-state index in [9.17, 15) is 4.79 Å². The highest BCUT2D eigenvalue weighted by molar-refractivity contribution is 7.14. The summed E-state index contributed by atoms with van der Waals surface area (Å²) in [6.45, 7) is 4.16. The van der Waals surface area contributed by atoms with Crippen LogP contribution in [0.5, 0.6) is 0 Å². The second kappa shape index (κ2) is 5.91. The number of carbonyl (C=O) groups is 1. The molecule has 0 amide bonds. The first-order valence-electron chi connectivity index (χ1n) is 5.36. The van der Waals surface area contributed by atoms with Crippen LogP contribution < -0.4 is 0 Å². The summed E-state index contributed by atoms with van der Waals surface area (Å²) < 4.78 is 4.73. The first-order chi connectivity index (χ1) is 7.19. The predicted octanol–water partition coefficient (Wildman–Crippen LogP) is 3.58. The van der Waals surface area contributed by atoms with Crippen molar-refractivity contribution in [3.63, 3.8) is 0 Å². The van der Waals surface area contributed by atoms with Gasteiger partial charge in [0.1, 0.15) is 4.88 Å². The number of carbonyl (C=O) groups excluding carboxylic acids is 1. The first kappa shape index (κ1) is 12.2. The van der Waals surface area contributed by atoms with E-state index in [2.05, 4.69) is 13.0 Å². The van der Waals surface area contributed by atoms with E-state index in [1.54, 1.807) is 11.3 Å². The summed E-state index contributed by atoms with van der Waals surface area (Å²) in [6, 6.07) is 2.10. The average Bonchev–Trinajstić information content (AvgIpc) is 2.59. The topological polar surface area (TPSA) is 26.3 Å². The van der Waals surface area contributed by atoms with Gasteiger partial charge in [0.25, 0.3) is 0 Å². The summed E-state index contributed by atoms with van der Waals surface area (Å²) in [5.74, 6) is -0.209. The fraction of sp³-hybridized carbons (Fsp3) is 0.583. The molecule has 0 aliphatic heterocycles. The normalized spacial score (nSPS) is 10.3. The molecule has 0 saturated heterocycles. The summed E-state index contributed by atoms with van der Waals surface area (Å²) in [5, 5.41) is 0. The third-order valence-corrected chi connectivity index (χ3v) is 3.64. The molecular weight excluding hydrogens is 208 g/mol. The van der Waals surface area contributed by atoms with Crippen LogP contribution in [0.2, 0.25) is 0 Å². The Morgan fingerprint density at radius 1 is 1.47 bits per heavy atom. The molecule has 84 valence electrons. The lowest BCUT2D eigenvalue weighted by molar-refractivity contribution is 0.0605. The largest absolute Gasteiger partial charge is 0.465 e. The number of ether oxygens (including phenoxy) is 1. The van der Waals surface area contributed by atoms with Gasteiger partial charge in [0.2, 0.25) is 0 Å². The smallest absolute Gasteiger partial charge is 0.348 e. The molecule has 3 heteroatoms. The van der Waals surface area contributed by atoms with E-state index in [0.29, 0.717) is 0 Å². The van der Waals surface area contributed by atoms with Gasteiger partial charge in [-0.05, 0) is 31.4 Å². The van der Waals surface area contributed by atoms with E-state index in [-0.39, 0.29) is 5.97 Å². The Morgan fingerprint density at radius 3 is 2.80 bits per heavy atom. The molecule has 0 fully saturated rings. The fourth-order valence-corrected chi connectivity index (χ4v) is 2.65. The van der Waals surface area contributed by atoms with Gasteiger partial charge in [0, 0.05) is 4.88 Å². The van der Waals surface area contributed by atoms with Crippen LogP contribution in [0.4, 0.5) is 0 Å². The van der Waals surface area contributed by atoms with Crippen molar-refractivity contribution in [1.29, 1.82) is 0 Å². The number of rotatable bonds is 5. The maximum absolute atomic E-state index is 11.4. The third kappa shape index (κ3) is 3.34. The number of hydrogen-bond acceptors (Lipinski definition) is 3. The fourth-order valence-electron chi connectivity index (χ4n) is 1.52. The summed E-state index contributed by atoms with van der Waals surface area (Å²) in [5.41, 5.74) is 1.04. The van der Waals surface area contributed by atoms with Crippen molar-refractivity contribution in [3.8, 4) is 0 Å². The van der Waals surface area contributed by atoms with Crippen LogP contribution in [0, 0.1) is 6.92 Å². The number of hydrogen-bond donors (Lipinski definition) is 0. The number of aryl methyl sites for hydroxylation is 2. The minimum Gasteiger partial charge on any atom is -0.465 e. The van der Waals surface area contributed by atoms with Crippen molar-refractivity contribution in [3.05, 3.63) is 21.4 Å². The summed E-state index contributed by atoms with van der Waals surface area (Å²) in [4.78, 5) is 13.4. The van der Waals surface area contributed by atoms with E-state index in [0.717, 1.165) is 16.9 Å². The number of esters is 1. The van der Waals surface area contributed by atoms with Crippen molar-refractivity contribution in [2.75, 3.05) is 7.11 Å². The highest BCUT2D eigenvalue weighted by Gasteiger charge is 2.13. The molecular formula is C12H18O2S. The van der Waals surface area contributed by atoms with Gasteiger partial charge in [-0.2, -0.15) is 0 Å². The highest BCUT2D eigenvalue weighted by atomic mass is 32.1. The molecule has 1 aromatic heterocycles. The monoisotopic (exact) mass is 226 g/mol. The molecule has 15 heavy (non-hydrogen) atoms. The standard InChI is InChI=1S/C12H18O2S/c1-4-5-6-7-10-8-9(2)11(15-10)12(13)14-3/h8H,4-7H2,1-3H3. The van der Waals surface area contributed by atoms with E-state index in [1.165, 1.54) is 31.2 Å². The van der Waals surface area contributed by atoms with E-state index in [1.807, 2.05) is 6.92 Å². The zero-order valence-electron chi connectivity index (χ0n) is 9.63. The molecule has 1 heterocycles. The van der Waals surface area contributed by atoms with Crippen molar-refractivity contribution in [2.45, 2.75) is 39.5 Å². The molecule has 1 aromatic rings. The van der Waals surface area contributed by atoms with E-state index < -0.39 is 0 Å². The van der Waals surface area contributed by atoms with Crippen LogP contribution in [0.1, 0.15) is 46.3 Å². The molecule has 0 atom stereocenters. The molecule has 1 rings (SSSR count). The Bertz CT molecular complexity index is 328. The zero-order valence-corrected chi connectivity index (χ0v) is 10.4. The van der Waals surface area contributed by atoms with Gasteiger partial charge in [-0.3, -0.25) is 0 Å². The van der Waals surface area contributed by atoms with Gasteiger partial charge in [-0.15, -0.1) is 11.3 Å². The molecule has 2 nitrogen and oxygen atoms in total. The van der Waals surface area contributed by atoms with Crippen molar-refractivity contribution in [1.82, 2.24) is 0 Å². The summed E-state index contributed by atoms with van der Waals surface area (Å²) in [7, 11) is 1.43. The minimum absolute atomic E-state index is 0.209.